The molecular formula is C12H18N2O2. The third-order valence-corrected chi connectivity index (χ3v) is 2.15. The lowest BCUT2D eigenvalue weighted by atomic mass is 10.1. The summed E-state index contributed by atoms with van der Waals surface area (Å²) in [7, 11) is 0. The predicted octanol–water partition coefficient (Wildman–Crippen LogP) is 1.22. The summed E-state index contributed by atoms with van der Waals surface area (Å²) in [6.45, 7) is 4.86. The molecule has 0 saturated heterocycles. The zero-order chi connectivity index (χ0) is 12.0. The van der Waals surface area contributed by atoms with Crippen LogP contribution in [0.4, 0.5) is 5.69 Å². The molecule has 1 aromatic carbocycles. The van der Waals surface area contributed by atoms with E-state index in [2.05, 4.69) is 5.32 Å². The molecule has 0 spiro atoms. The fourth-order valence-electron chi connectivity index (χ4n) is 1.39. The van der Waals surface area contributed by atoms with E-state index in [-0.39, 0.29) is 12.5 Å². The summed E-state index contributed by atoms with van der Waals surface area (Å²) >= 11 is 0. The molecule has 4 nitrogen and oxygen atoms in total. The van der Waals surface area contributed by atoms with E-state index in [9.17, 15) is 4.79 Å². The summed E-state index contributed by atoms with van der Waals surface area (Å²) < 4.78 is 5.04. The fourth-order valence-corrected chi connectivity index (χ4v) is 1.39. The van der Waals surface area contributed by atoms with Gasteiger partial charge in [-0.05, 0) is 25.5 Å². The fraction of sp³-hybridized carbons (Fsp3) is 0.417. The first-order valence-corrected chi connectivity index (χ1v) is 5.28. The second-order valence-electron chi connectivity index (χ2n) is 3.71. The van der Waals surface area contributed by atoms with Crippen LogP contribution in [0.5, 0.6) is 0 Å². The summed E-state index contributed by atoms with van der Waals surface area (Å²) in [5.41, 5.74) is 8.30. The normalized spacial score (nSPS) is 10.2. The lowest BCUT2D eigenvalue weighted by Gasteiger charge is -2.09. The number of ether oxygens (including phenoxy) is 1. The highest BCUT2D eigenvalue weighted by Crippen LogP contribution is 2.15. The molecule has 1 aromatic rings. The quantitative estimate of drug-likeness (QED) is 0.736. The smallest absolute Gasteiger partial charge is 0.250 e. The standard InChI is InChI=1S/C12H18N2O2/c1-9-3-4-11(10(2)7-9)14-12(15)8-16-6-5-13/h3-4,7H,5-6,8,13H2,1-2H3,(H,14,15). The Morgan fingerprint density at radius 3 is 2.81 bits per heavy atom. The number of nitrogens with two attached hydrogens (primary N) is 1. The van der Waals surface area contributed by atoms with Gasteiger partial charge < -0.3 is 15.8 Å². The Balaban J connectivity index is 2.49. The molecule has 3 N–H and O–H groups in total. The van der Waals surface area contributed by atoms with Gasteiger partial charge in [-0.1, -0.05) is 17.7 Å². The molecule has 0 aliphatic carbocycles. The van der Waals surface area contributed by atoms with Gasteiger partial charge in [-0.3, -0.25) is 4.79 Å². The Kier molecular flexibility index (Phi) is 4.95. The van der Waals surface area contributed by atoms with E-state index >= 15 is 0 Å². The number of benzene rings is 1. The molecule has 0 aliphatic heterocycles. The molecular weight excluding hydrogens is 204 g/mol. The van der Waals surface area contributed by atoms with E-state index in [1.54, 1.807) is 0 Å². The topological polar surface area (TPSA) is 64.3 Å². The first-order chi connectivity index (χ1) is 7.63. The highest BCUT2D eigenvalue weighted by Gasteiger charge is 2.04. The van der Waals surface area contributed by atoms with Gasteiger partial charge in [0.2, 0.25) is 5.91 Å². The minimum Gasteiger partial charge on any atom is -0.370 e. The van der Waals surface area contributed by atoms with E-state index in [4.69, 9.17) is 10.5 Å². The third-order valence-electron chi connectivity index (χ3n) is 2.15. The molecule has 0 bridgehead atoms. The molecule has 0 aromatic heterocycles. The number of carbonyl (C=O) groups excluding carboxylic acids is 1. The first kappa shape index (κ1) is 12.7. The van der Waals surface area contributed by atoms with Crippen LogP contribution in [0.3, 0.4) is 0 Å². The zero-order valence-corrected chi connectivity index (χ0v) is 9.75. The number of aryl methyl sites for hydroxylation is 2. The van der Waals surface area contributed by atoms with E-state index in [1.807, 2.05) is 32.0 Å². The maximum atomic E-state index is 11.4. The van der Waals surface area contributed by atoms with Gasteiger partial charge in [-0.2, -0.15) is 0 Å². The van der Waals surface area contributed by atoms with Gasteiger partial charge in [0.15, 0.2) is 0 Å². The Bertz CT molecular complexity index is 364. The Morgan fingerprint density at radius 2 is 2.19 bits per heavy atom. The summed E-state index contributed by atoms with van der Waals surface area (Å²) in [5, 5.41) is 2.79. The molecule has 0 saturated carbocycles. The van der Waals surface area contributed by atoms with E-state index < -0.39 is 0 Å². The molecule has 0 fully saturated rings. The largest absolute Gasteiger partial charge is 0.370 e. The monoisotopic (exact) mass is 222 g/mol. The van der Waals surface area contributed by atoms with E-state index in [0.29, 0.717) is 13.2 Å². The van der Waals surface area contributed by atoms with Crippen molar-refractivity contribution in [1.29, 1.82) is 0 Å². The lowest BCUT2D eigenvalue weighted by molar-refractivity contribution is -0.120. The minimum absolute atomic E-state index is 0.0461. The van der Waals surface area contributed by atoms with Crippen LogP contribution in [-0.4, -0.2) is 25.7 Å². The average molecular weight is 222 g/mol. The number of anilines is 1. The van der Waals surface area contributed by atoms with E-state index in [1.165, 1.54) is 5.56 Å². The van der Waals surface area contributed by atoms with Crippen LogP contribution in [0.15, 0.2) is 18.2 Å². The molecule has 88 valence electrons. The second-order valence-corrected chi connectivity index (χ2v) is 3.71. The third kappa shape index (κ3) is 4.00. The maximum Gasteiger partial charge on any atom is 0.250 e. The number of hydrogen-bond acceptors (Lipinski definition) is 3. The zero-order valence-electron chi connectivity index (χ0n) is 9.75. The summed E-state index contributed by atoms with van der Waals surface area (Å²) in [4.78, 5) is 11.4. The molecule has 16 heavy (non-hydrogen) atoms. The minimum atomic E-state index is -0.152. The van der Waals surface area contributed by atoms with Crippen LogP contribution in [0.1, 0.15) is 11.1 Å². The molecule has 0 aliphatic rings. The van der Waals surface area contributed by atoms with Crippen LogP contribution in [0.25, 0.3) is 0 Å². The van der Waals surface area contributed by atoms with Crippen LogP contribution in [0.2, 0.25) is 0 Å². The number of hydrogen-bond donors (Lipinski definition) is 2. The van der Waals surface area contributed by atoms with Crippen LogP contribution in [0, 0.1) is 13.8 Å². The molecule has 4 heteroatoms. The van der Waals surface area contributed by atoms with Crippen molar-refractivity contribution in [3.05, 3.63) is 29.3 Å². The molecule has 0 unspecified atom stereocenters. The van der Waals surface area contributed by atoms with Crippen molar-refractivity contribution >= 4 is 11.6 Å². The summed E-state index contributed by atoms with van der Waals surface area (Å²) in [5.74, 6) is -0.152. The molecule has 0 radical (unpaired) electrons. The van der Waals surface area contributed by atoms with E-state index in [0.717, 1.165) is 11.3 Å². The van der Waals surface area contributed by atoms with Crippen molar-refractivity contribution in [2.24, 2.45) is 5.73 Å². The Labute approximate surface area is 95.8 Å². The molecule has 1 amide bonds. The van der Waals surface area contributed by atoms with Crippen molar-refractivity contribution in [3.8, 4) is 0 Å². The maximum absolute atomic E-state index is 11.4. The molecule has 0 heterocycles. The lowest BCUT2D eigenvalue weighted by Crippen LogP contribution is -2.21. The van der Waals surface area contributed by atoms with Gasteiger partial charge in [0.1, 0.15) is 6.61 Å². The number of carbonyl (C=O) groups is 1. The van der Waals surface area contributed by atoms with Crippen molar-refractivity contribution in [3.63, 3.8) is 0 Å². The first-order valence-electron chi connectivity index (χ1n) is 5.28. The number of amides is 1. The van der Waals surface area contributed by atoms with Gasteiger partial charge in [0.25, 0.3) is 0 Å². The average Bonchev–Trinajstić information content (AvgIpc) is 2.23. The van der Waals surface area contributed by atoms with Crippen molar-refractivity contribution in [2.45, 2.75) is 13.8 Å². The SMILES string of the molecule is Cc1ccc(NC(=O)COCCN)c(C)c1. The van der Waals surface area contributed by atoms with Crippen molar-refractivity contribution in [1.82, 2.24) is 0 Å². The van der Waals surface area contributed by atoms with Gasteiger partial charge >= 0.3 is 0 Å². The Hall–Kier alpha value is -1.39. The highest BCUT2D eigenvalue weighted by atomic mass is 16.5. The summed E-state index contributed by atoms with van der Waals surface area (Å²) in [6.07, 6.45) is 0. The molecule has 1 rings (SSSR count). The van der Waals surface area contributed by atoms with Crippen LogP contribution >= 0.6 is 0 Å². The van der Waals surface area contributed by atoms with Crippen LogP contribution in [-0.2, 0) is 9.53 Å². The number of rotatable bonds is 5. The second kappa shape index (κ2) is 6.25. The Morgan fingerprint density at radius 1 is 1.44 bits per heavy atom. The summed E-state index contributed by atoms with van der Waals surface area (Å²) in [6, 6.07) is 5.88. The van der Waals surface area contributed by atoms with Gasteiger partial charge in [-0.25, -0.2) is 0 Å². The highest BCUT2D eigenvalue weighted by molar-refractivity contribution is 5.92. The van der Waals surface area contributed by atoms with Gasteiger partial charge in [-0.15, -0.1) is 0 Å². The molecule has 0 atom stereocenters. The van der Waals surface area contributed by atoms with Gasteiger partial charge in [0, 0.05) is 12.2 Å². The van der Waals surface area contributed by atoms with Crippen molar-refractivity contribution in [2.75, 3.05) is 25.1 Å². The predicted molar refractivity (Wildman–Crippen MR) is 64.4 cm³/mol. The number of nitrogens with one attached hydrogen (secondary N) is 1. The van der Waals surface area contributed by atoms with Crippen molar-refractivity contribution < 1.29 is 9.53 Å². The van der Waals surface area contributed by atoms with Gasteiger partial charge in [0.05, 0.1) is 6.61 Å². The van der Waals surface area contributed by atoms with Crippen LogP contribution < -0.4 is 11.1 Å².